The third-order valence-electron chi connectivity index (χ3n) is 4.61. The molecule has 1 aliphatic rings. The van der Waals surface area contributed by atoms with Gasteiger partial charge in [0, 0.05) is 24.0 Å². The van der Waals surface area contributed by atoms with E-state index >= 15 is 0 Å². The van der Waals surface area contributed by atoms with Crippen LogP contribution in [0.4, 0.5) is 0 Å². The Hall–Kier alpha value is -2.95. The van der Waals surface area contributed by atoms with Gasteiger partial charge >= 0.3 is 0 Å². The van der Waals surface area contributed by atoms with Crippen LogP contribution < -0.4 is 5.32 Å². The number of amides is 1. The zero-order chi connectivity index (χ0) is 17.1. The first-order chi connectivity index (χ1) is 12.3. The fraction of sp³-hybridized carbons (Fsp3) is 0.250. The molecule has 1 N–H and O–H groups in total. The van der Waals surface area contributed by atoms with Crippen molar-refractivity contribution in [3.05, 3.63) is 66.6 Å². The number of hydrogen-bond acceptors (Lipinski definition) is 3. The lowest BCUT2D eigenvalue weighted by atomic mass is 10.1. The summed E-state index contributed by atoms with van der Waals surface area (Å²) >= 11 is 0. The Morgan fingerprint density at radius 1 is 1.04 bits per heavy atom. The number of carbonyl (C=O) groups is 1. The van der Waals surface area contributed by atoms with Gasteiger partial charge in [0.15, 0.2) is 5.69 Å². The van der Waals surface area contributed by atoms with Gasteiger partial charge in [-0.15, -0.1) is 0 Å². The monoisotopic (exact) mass is 332 g/mol. The highest BCUT2D eigenvalue weighted by atomic mass is 16.2. The maximum absolute atomic E-state index is 12.6. The zero-order valence-electron chi connectivity index (χ0n) is 13.9. The van der Waals surface area contributed by atoms with Crippen LogP contribution in [0.1, 0.15) is 36.2 Å². The molecule has 5 heteroatoms. The van der Waals surface area contributed by atoms with E-state index in [1.54, 1.807) is 12.4 Å². The van der Waals surface area contributed by atoms with Crippen LogP contribution in [-0.2, 0) is 0 Å². The maximum atomic E-state index is 12.6. The predicted molar refractivity (Wildman–Crippen MR) is 96.5 cm³/mol. The van der Waals surface area contributed by atoms with Crippen molar-refractivity contribution < 1.29 is 4.79 Å². The van der Waals surface area contributed by atoms with Crippen LogP contribution in [-0.4, -0.2) is 26.7 Å². The average Bonchev–Trinajstić information content (AvgIpc) is 3.33. The van der Waals surface area contributed by atoms with Gasteiger partial charge in [-0.25, -0.2) is 4.68 Å². The average molecular weight is 332 g/mol. The van der Waals surface area contributed by atoms with Gasteiger partial charge in [-0.05, 0) is 43.2 Å². The molecule has 0 aliphatic heterocycles. The van der Waals surface area contributed by atoms with Gasteiger partial charge in [-0.3, -0.25) is 9.78 Å². The van der Waals surface area contributed by atoms with Crippen LogP contribution in [0.5, 0.6) is 0 Å². The Balaban J connectivity index is 1.72. The number of nitrogens with zero attached hydrogens (tertiary/aromatic N) is 3. The molecule has 4 rings (SSSR count). The standard InChI is InChI=1S/C20H20N4O/c25-20(22-16-6-4-5-7-16)18-14-19(15-10-12-21-13-11-15)24(23-18)17-8-2-1-3-9-17/h1-3,8-14,16H,4-7H2,(H,22,25). The number of pyridine rings is 1. The summed E-state index contributed by atoms with van der Waals surface area (Å²) in [6.45, 7) is 0. The molecule has 1 saturated carbocycles. The first kappa shape index (κ1) is 15.6. The quantitative estimate of drug-likeness (QED) is 0.794. The summed E-state index contributed by atoms with van der Waals surface area (Å²) in [7, 11) is 0. The van der Waals surface area contributed by atoms with Gasteiger partial charge in [0.1, 0.15) is 0 Å². The smallest absolute Gasteiger partial charge is 0.272 e. The summed E-state index contributed by atoms with van der Waals surface area (Å²) in [4.78, 5) is 16.7. The number of aromatic nitrogens is 3. The normalized spacial score (nSPS) is 14.6. The SMILES string of the molecule is O=C(NC1CCCC1)c1cc(-c2ccncc2)n(-c2ccccc2)n1. The second-order valence-electron chi connectivity index (χ2n) is 6.35. The van der Waals surface area contributed by atoms with E-state index in [9.17, 15) is 4.79 Å². The third-order valence-corrected chi connectivity index (χ3v) is 4.61. The molecule has 5 nitrogen and oxygen atoms in total. The van der Waals surface area contributed by atoms with E-state index in [2.05, 4.69) is 15.4 Å². The molecule has 2 heterocycles. The summed E-state index contributed by atoms with van der Waals surface area (Å²) < 4.78 is 1.82. The van der Waals surface area contributed by atoms with Crippen molar-refractivity contribution >= 4 is 5.91 Å². The zero-order valence-corrected chi connectivity index (χ0v) is 13.9. The van der Waals surface area contributed by atoms with E-state index in [0.29, 0.717) is 5.69 Å². The minimum Gasteiger partial charge on any atom is -0.348 e. The largest absolute Gasteiger partial charge is 0.348 e. The molecule has 0 saturated heterocycles. The highest BCUT2D eigenvalue weighted by Crippen LogP contribution is 2.24. The van der Waals surface area contributed by atoms with Crippen molar-refractivity contribution in [2.75, 3.05) is 0 Å². The second-order valence-corrected chi connectivity index (χ2v) is 6.35. The van der Waals surface area contributed by atoms with Crippen molar-refractivity contribution in [2.24, 2.45) is 0 Å². The Morgan fingerprint density at radius 2 is 1.76 bits per heavy atom. The fourth-order valence-electron chi connectivity index (χ4n) is 3.32. The summed E-state index contributed by atoms with van der Waals surface area (Å²) in [6, 6.07) is 15.8. The molecule has 0 radical (unpaired) electrons. The number of carbonyl (C=O) groups excluding carboxylic acids is 1. The van der Waals surface area contributed by atoms with Gasteiger partial charge in [0.25, 0.3) is 5.91 Å². The van der Waals surface area contributed by atoms with E-state index in [0.717, 1.165) is 29.8 Å². The van der Waals surface area contributed by atoms with Crippen LogP contribution in [0.2, 0.25) is 0 Å². The first-order valence-electron chi connectivity index (χ1n) is 8.68. The molecule has 0 spiro atoms. The molecule has 25 heavy (non-hydrogen) atoms. The molecule has 0 unspecified atom stereocenters. The Morgan fingerprint density at radius 3 is 2.48 bits per heavy atom. The topological polar surface area (TPSA) is 59.8 Å². The Bertz CT molecular complexity index is 795. The minimum absolute atomic E-state index is 0.100. The number of rotatable bonds is 4. The molecule has 1 aromatic carbocycles. The predicted octanol–water partition coefficient (Wildman–Crippen LogP) is 3.61. The Labute approximate surface area is 146 Å². The van der Waals surface area contributed by atoms with E-state index in [1.165, 1.54) is 12.8 Å². The Kier molecular flexibility index (Phi) is 4.29. The highest BCUT2D eigenvalue weighted by Gasteiger charge is 2.21. The summed E-state index contributed by atoms with van der Waals surface area (Å²) in [5.41, 5.74) is 3.23. The van der Waals surface area contributed by atoms with Gasteiger partial charge in [-0.2, -0.15) is 5.10 Å². The third kappa shape index (κ3) is 3.31. The van der Waals surface area contributed by atoms with Crippen molar-refractivity contribution in [1.82, 2.24) is 20.1 Å². The lowest BCUT2D eigenvalue weighted by Crippen LogP contribution is -2.32. The molecule has 3 aromatic rings. The van der Waals surface area contributed by atoms with Crippen LogP contribution in [0.3, 0.4) is 0 Å². The summed E-state index contributed by atoms with van der Waals surface area (Å²) in [5.74, 6) is -0.100. The van der Waals surface area contributed by atoms with Crippen molar-refractivity contribution in [3.63, 3.8) is 0 Å². The summed E-state index contributed by atoms with van der Waals surface area (Å²) in [6.07, 6.45) is 7.98. The number of benzene rings is 1. The lowest BCUT2D eigenvalue weighted by molar-refractivity contribution is 0.0932. The maximum Gasteiger partial charge on any atom is 0.272 e. The van der Waals surface area contributed by atoms with Crippen LogP contribution in [0, 0.1) is 0 Å². The van der Waals surface area contributed by atoms with Crippen molar-refractivity contribution in [2.45, 2.75) is 31.7 Å². The van der Waals surface area contributed by atoms with E-state index < -0.39 is 0 Å². The molecule has 2 aromatic heterocycles. The highest BCUT2D eigenvalue weighted by molar-refractivity contribution is 5.93. The molecular weight excluding hydrogens is 312 g/mol. The first-order valence-corrected chi connectivity index (χ1v) is 8.68. The second kappa shape index (κ2) is 6.89. The number of nitrogens with one attached hydrogen (secondary N) is 1. The van der Waals surface area contributed by atoms with Gasteiger partial charge < -0.3 is 5.32 Å². The number of para-hydroxylation sites is 1. The molecule has 126 valence electrons. The van der Waals surface area contributed by atoms with Gasteiger partial charge in [0.05, 0.1) is 11.4 Å². The van der Waals surface area contributed by atoms with Crippen LogP contribution in [0.25, 0.3) is 16.9 Å². The summed E-state index contributed by atoms with van der Waals surface area (Å²) in [5, 5.41) is 7.69. The lowest BCUT2D eigenvalue weighted by Gasteiger charge is -2.10. The van der Waals surface area contributed by atoms with Crippen molar-refractivity contribution in [1.29, 1.82) is 0 Å². The van der Waals surface area contributed by atoms with Gasteiger partial charge in [-0.1, -0.05) is 31.0 Å². The van der Waals surface area contributed by atoms with E-state index in [1.807, 2.05) is 53.2 Å². The fourth-order valence-corrected chi connectivity index (χ4v) is 3.32. The van der Waals surface area contributed by atoms with Gasteiger partial charge in [0.2, 0.25) is 0 Å². The molecule has 1 fully saturated rings. The molecular formula is C20H20N4O. The molecule has 0 bridgehead atoms. The molecule has 1 aliphatic carbocycles. The van der Waals surface area contributed by atoms with Crippen LogP contribution in [0.15, 0.2) is 60.9 Å². The van der Waals surface area contributed by atoms with E-state index in [-0.39, 0.29) is 11.9 Å². The minimum atomic E-state index is -0.100. The van der Waals surface area contributed by atoms with Crippen LogP contribution >= 0.6 is 0 Å². The molecule has 0 atom stereocenters. The number of hydrogen-bond donors (Lipinski definition) is 1. The molecule has 1 amide bonds. The van der Waals surface area contributed by atoms with Crippen molar-refractivity contribution in [3.8, 4) is 16.9 Å². The van der Waals surface area contributed by atoms with E-state index in [4.69, 9.17) is 0 Å².